The van der Waals surface area contributed by atoms with Crippen molar-refractivity contribution in [1.29, 1.82) is 0 Å². The lowest BCUT2D eigenvalue weighted by molar-refractivity contribution is 0.457. The van der Waals surface area contributed by atoms with Gasteiger partial charge in [0.15, 0.2) is 0 Å². The van der Waals surface area contributed by atoms with E-state index in [1.165, 1.54) is 0 Å². The lowest BCUT2D eigenvalue weighted by atomic mass is 9.93. The minimum atomic E-state index is 0.334. The smallest absolute Gasteiger partial charge is 0.122 e. The summed E-state index contributed by atoms with van der Waals surface area (Å²) in [5.74, 6) is 0.667. The van der Waals surface area contributed by atoms with E-state index in [1.807, 2.05) is 52.0 Å². The van der Waals surface area contributed by atoms with Gasteiger partial charge in [-0.1, -0.05) is 24.3 Å². The molecule has 19 heavy (non-hydrogen) atoms. The van der Waals surface area contributed by atoms with Gasteiger partial charge in [0.25, 0.3) is 0 Å². The fraction of sp³-hybridized carbons (Fsp3) is 0.294. The Kier molecular flexibility index (Phi) is 3.52. The highest BCUT2D eigenvalue weighted by molar-refractivity contribution is 5.52. The van der Waals surface area contributed by atoms with Gasteiger partial charge in [0.2, 0.25) is 0 Å². The van der Waals surface area contributed by atoms with Crippen LogP contribution in [0.5, 0.6) is 11.5 Å². The monoisotopic (exact) mass is 256 g/mol. The molecule has 2 aromatic carbocycles. The molecule has 0 aromatic heterocycles. The minimum absolute atomic E-state index is 0.334. The van der Waals surface area contributed by atoms with Crippen molar-refractivity contribution in [2.24, 2.45) is 0 Å². The number of phenols is 2. The van der Waals surface area contributed by atoms with Gasteiger partial charge in [-0.05, 0) is 49.9 Å². The number of hydrogen-bond acceptors (Lipinski definition) is 2. The number of benzene rings is 2. The van der Waals surface area contributed by atoms with Crippen LogP contribution < -0.4 is 0 Å². The molecular formula is C17H20O2. The maximum absolute atomic E-state index is 10.2. The molecule has 2 heteroatoms. The van der Waals surface area contributed by atoms with Gasteiger partial charge >= 0.3 is 0 Å². The van der Waals surface area contributed by atoms with Crippen LogP contribution in [0.15, 0.2) is 24.3 Å². The largest absolute Gasteiger partial charge is 0.507 e. The molecule has 2 nitrogen and oxygen atoms in total. The van der Waals surface area contributed by atoms with Gasteiger partial charge in [-0.2, -0.15) is 0 Å². The zero-order chi connectivity index (χ0) is 14.2. The van der Waals surface area contributed by atoms with E-state index < -0.39 is 0 Å². The molecule has 0 heterocycles. The number of aromatic hydroxyl groups is 2. The molecule has 2 rings (SSSR count). The van der Waals surface area contributed by atoms with Crippen molar-refractivity contribution >= 4 is 0 Å². The maximum Gasteiger partial charge on any atom is 0.122 e. The molecule has 0 aliphatic rings. The molecule has 0 saturated heterocycles. The molecule has 0 atom stereocenters. The third kappa shape index (κ3) is 2.43. The topological polar surface area (TPSA) is 40.5 Å². The standard InChI is InChI=1S/C17H20O2/c1-10-5-7-12(3)16(18)14(10)9-15-11(2)6-8-13(4)17(15)19/h5-8,18-19H,9H2,1-4H3. The van der Waals surface area contributed by atoms with E-state index in [4.69, 9.17) is 0 Å². The Morgan fingerprint density at radius 3 is 1.32 bits per heavy atom. The van der Waals surface area contributed by atoms with E-state index in [0.29, 0.717) is 17.9 Å². The Bertz CT molecular complexity index is 572. The second-order valence-corrected chi connectivity index (χ2v) is 5.23. The van der Waals surface area contributed by atoms with E-state index in [1.54, 1.807) is 0 Å². The van der Waals surface area contributed by atoms with Crippen molar-refractivity contribution in [3.8, 4) is 11.5 Å². The summed E-state index contributed by atoms with van der Waals surface area (Å²) in [6.45, 7) is 7.75. The van der Waals surface area contributed by atoms with E-state index in [0.717, 1.165) is 33.4 Å². The fourth-order valence-corrected chi connectivity index (χ4v) is 2.33. The van der Waals surface area contributed by atoms with Crippen molar-refractivity contribution in [3.63, 3.8) is 0 Å². The van der Waals surface area contributed by atoms with Crippen molar-refractivity contribution in [1.82, 2.24) is 0 Å². The van der Waals surface area contributed by atoms with Crippen LogP contribution in [0.2, 0.25) is 0 Å². The molecule has 0 aliphatic carbocycles. The lowest BCUT2D eigenvalue weighted by Crippen LogP contribution is -1.98. The minimum Gasteiger partial charge on any atom is -0.507 e. The van der Waals surface area contributed by atoms with E-state index in [9.17, 15) is 10.2 Å². The molecule has 100 valence electrons. The van der Waals surface area contributed by atoms with Crippen molar-refractivity contribution in [3.05, 3.63) is 57.6 Å². The number of aryl methyl sites for hydroxylation is 4. The van der Waals surface area contributed by atoms with Crippen LogP contribution in [0, 0.1) is 27.7 Å². The summed E-state index contributed by atoms with van der Waals surface area (Å²) in [4.78, 5) is 0. The van der Waals surface area contributed by atoms with Gasteiger partial charge in [0.1, 0.15) is 11.5 Å². The molecule has 0 fully saturated rings. The molecule has 0 aliphatic heterocycles. The van der Waals surface area contributed by atoms with E-state index in [2.05, 4.69) is 0 Å². The second-order valence-electron chi connectivity index (χ2n) is 5.23. The van der Waals surface area contributed by atoms with Crippen molar-refractivity contribution in [2.45, 2.75) is 34.1 Å². The number of phenolic OH excluding ortho intramolecular Hbond substituents is 2. The zero-order valence-electron chi connectivity index (χ0n) is 11.9. The fourth-order valence-electron chi connectivity index (χ4n) is 2.33. The van der Waals surface area contributed by atoms with Crippen LogP contribution in [0.25, 0.3) is 0 Å². The van der Waals surface area contributed by atoms with Crippen LogP contribution in [-0.2, 0) is 6.42 Å². The summed E-state index contributed by atoms with van der Waals surface area (Å²) in [6, 6.07) is 7.84. The highest BCUT2D eigenvalue weighted by Gasteiger charge is 2.14. The first kappa shape index (κ1) is 13.5. The average Bonchev–Trinajstić information content (AvgIpc) is 2.38. The molecule has 0 bridgehead atoms. The Balaban J connectivity index is 2.54. The van der Waals surface area contributed by atoms with E-state index >= 15 is 0 Å². The normalized spacial score (nSPS) is 10.7. The SMILES string of the molecule is Cc1ccc(C)c(Cc2c(C)ccc(C)c2O)c1O. The van der Waals surface area contributed by atoms with Crippen molar-refractivity contribution < 1.29 is 10.2 Å². The molecule has 0 unspecified atom stereocenters. The zero-order valence-corrected chi connectivity index (χ0v) is 11.9. The Hall–Kier alpha value is -1.96. The molecule has 0 spiro atoms. The first-order chi connectivity index (χ1) is 8.91. The highest BCUT2D eigenvalue weighted by atomic mass is 16.3. The highest BCUT2D eigenvalue weighted by Crippen LogP contribution is 2.33. The van der Waals surface area contributed by atoms with Crippen molar-refractivity contribution in [2.75, 3.05) is 0 Å². The molecular weight excluding hydrogens is 236 g/mol. The number of hydrogen-bond donors (Lipinski definition) is 2. The predicted molar refractivity (Wildman–Crippen MR) is 78.0 cm³/mol. The summed E-state index contributed by atoms with van der Waals surface area (Å²) in [6.07, 6.45) is 0.554. The van der Waals surface area contributed by atoms with Gasteiger partial charge in [-0.15, -0.1) is 0 Å². The van der Waals surface area contributed by atoms with Gasteiger partial charge in [-0.3, -0.25) is 0 Å². The first-order valence-corrected chi connectivity index (χ1v) is 6.48. The Morgan fingerprint density at radius 2 is 0.947 bits per heavy atom. The Labute approximate surface area is 114 Å². The molecule has 0 amide bonds. The predicted octanol–water partition coefficient (Wildman–Crippen LogP) is 3.92. The first-order valence-electron chi connectivity index (χ1n) is 6.48. The van der Waals surface area contributed by atoms with Gasteiger partial charge in [0.05, 0.1) is 0 Å². The summed E-state index contributed by atoms with van der Waals surface area (Å²) in [7, 11) is 0. The van der Waals surface area contributed by atoms with Gasteiger partial charge < -0.3 is 10.2 Å². The van der Waals surface area contributed by atoms with Crippen LogP contribution in [0.4, 0.5) is 0 Å². The third-order valence-corrected chi connectivity index (χ3v) is 3.79. The molecule has 0 saturated carbocycles. The average molecular weight is 256 g/mol. The molecule has 0 radical (unpaired) electrons. The summed E-state index contributed by atoms with van der Waals surface area (Å²) >= 11 is 0. The lowest BCUT2D eigenvalue weighted by Gasteiger charge is -2.15. The maximum atomic E-state index is 10.2. The van der Waals surface area contributed by atoms with Crippen LogP contribution in [0.3, 0.4) is 0 Å². The third-order valence-electron chi connectivity index (χ3n) is 3.79. The quantitative estimate of drug-likeness (QED) is 0.855. The van der Waals surface area contributed by atoms with Gasteiger partial charge in [-0.25, -0.2) is 0 Å². The number of rotatable bonds is 2. The summed E-state index contributed by atoms with van der Waals surface area (Å²) < 4.78 is 0. The molecule has 2 aromatic rings. The van der Waals surface area contributed by atoms with Crippen LogP contribution in [-0.4, -0.2) is 10.2 Å². The van der Waals surface area contributed by atoms with Crippen LogP contribution >= 0.6 is 0 Å². The summed E-state index contributed by atoms with van der Waals surface area (Å²) in [5, 5.41) is 20.4. The van der Waals surface area contributed by atoms with Gasteiger partial charge in [0, 0.05) is 17.5 Å². The van der Waals surface area contributed by atoms with E-state index in [-0.39, 0.29) is 0 Å². The van der Waals surface area contributed by atoms with Crippen LogP contribution in [0.1, 0.15) is 33.4 Å². The Morgan fingerprint density at radius 1 is 0.632 bits per heavy atom. The summed E-state index contributed by atoms with van der Waals surface area (Å²) in [5.41, 5.74) is 5.61. The molecule has 2 N–H and O–H groups in total. The second kappa shape index (κ2) is 4.96.